The highest BCUT2D eigenvalue weighted by molar-refractivity contribution is 7.25. The van der Waals surface area contributed by atoms with Crippen molar-refractivity contribution < 1.29 is 9.47 Å². The topological polar surface area (TPSA) is 21.7 Å². The van der Waals surface area contributed by atoms with Crippen molar-refractivity contribution in [2.45, 2.75) is 5.41 Å². The Morgan fingerprint density at radius 3 is 1.72 bits per heavy atom. The number of hydrogen-bond acceptors (Lipinski definition) is 4. The molecular weight excluding hydrogens is 667 g/mol. The second kappa shape index (κ2) is 11.7. The zero-order chi connectivity index (χ0) is 34.9. The zero-order valence-corrected chi connectivity index (χ0v) is 29.4. The van der Waals surface area contributed by atoms with Crippen molar-refractivity contribution in [2.24, 2.45) is 0 Å². The second-order valence-electron chi connectivity index (χ2n) is 13.7. The minimum absolute atomic E-state index is 0.512. The van der Waals surface area contributed by atoms with Gasteiger partial charge in [-0.2, -0.15) is 0 Å². The summed E-state index contributed by atoms with van der Waals surface area (Å²) in [5.41, 5.74) is 10.1. The first-order valence-electron chi connectivity index (χ1n) is 17.9. The fraction of sp³-hybridized carbons (Fsp3) is 0.0204. The summed E-state index contributed by atoms with van der Waals surface area (Å²) in [5, 5.41) is 2.55. The lowest BCUT2D eigenvalue weighted by Gasteiger charge is -2.35. The predicted octanol–water partition coefficient (Wildman–Crippen LogP) is 13.8. The van der Waals surface area contributed by atoms with Gasteiger partial charge in [-0.15, -0.1) is 11.3 Å². The van der Waals surface area contributed by atoms with Gasteiger partial charge in [0.15, 0.2) is 23.0 Å². The van der Waals surface area contributed by atoms with Gasteiger partial charge in [-0.1, -0.05) is 127 Å². The van der Waals surface area contributed by atoms with E-state index in [0.717, 1.165) is 22.8 Å². The van der Waals surface area contributed by atoms with Crippen molar-refractivity contribution in [3.63, 3.8) is 0 Å². The van der Waals surface area contributed by atoms with Crippen LogP contribution in [-0.4, -0.2) is 0 Å². The molecule has 53 heavy (non-hydrogen) atoms. The number of ether oxygens (including phenoxy) is 2. The fourth-order valence-electron chi connectivity index (χ4n) is 8.53. The van der Waals surface area contributed by atoms with E-state index in [1.54, 1.807) is 0 Å². The van der Waals surface area contributed by atoms with Crippen LogP contribution in [-0.2, 0) is 5.41 Å². The number of hydrogen-bond donors (Lipinski definition) is 0. The lowest BCUT2D eigenvalue weighted by Crippen LogP contribution is -2.28. The van der Waals surface area contributed by atoms with E-state index in [2.05, 4.69) is 163 Å². The predicted molar refractivity (Wildman–Crippen MR) is 218 cm³/mol. The molecule has 0 unspecified atom stereocenters. The third-order valence-electron chi connectivity index (χ3n) is 10.8. The van der Waals surface area contributed by atoms with Crippen LogP contribution in [0.25, 0.3) is 31.3 Å². The molecule has 1 aliphatic carbocycles. The summed E-state index contributed by atoms with van der Waals surface area (Å²) < 4.78 is 15.3. The van der Waals surface area contributed by atoms with Crippen LogP contribution in [0.1, 0.15) is 22.3 Å². The number of nitrogens with zero attached hydrogens (tertiary/aromatic N) is 1. The van der Waals surface area contributed by atoms with Gasteiger partial charge in [-0.25, -0.2) is 0 Å². The molecule has 4 heteroatoms. The number of fused-ring (bicyclic) bond motifs is 8. The van der Waals surface area contributed by atoms with E-state index in [-0.39, 0.29) is 0 Å². The third-order valence-corrected chi connectivity index (χ3v) is 11.9. The molecule has 1 aliphatic heterocycles. The first-order chi connectivity index (χ1) is 26.3. The molecule has 3 nitrogen and oxygen atoms in total. The highest BCUT2D eigenvalue weighted by Gasteiger charge is 2.46. The average Bonchev–Trinajstić information content (AvgIpc) is 3.74. The van der Waals surface area contributed by atoms with Crippen molar-refractivity contribution in [3.05, 3.63) is 210 Å². The van der Waals surface area contributed by atoms with Crippen LogP contribution in [0.15, 0.2) is 188 Å². The molecule has 0 fully saturated rings. The summed E-state index contributed by atoms with van der Waals surface area (Å²) in [6, 6.07) is 67.4. The summed E-state index contributed by atoms with van der Waals surface area (Å²) in [6.07, 6.45) is 0. The summed E-state index contributed by atoms with van der Waals surface area (Å²) >= 11 is 1.83. The Hall–Kier alpha value is -6.62. The molecule has 0 amide bonds. The molecule has 0 bridgehead atoms. The normalized spacial score (nSPS) is 13.4. The van der Waals surface area contributed by atoms with Gasteiger partial charge in [0, 0.05) is 37.6 Å². The first kappa shape index (κ1) is 30.0. The fourth-order valence-corrected chi connectivity index (χ4v) is 9.67. The molecule has 0 saturated heterocycles. The van der Waals surface area contributed by atoms with Gasteiger partial charge in [0.25, 0.3) is 0 Å². The van der Waals surface area contributed by atoms with Gasteiger partial charge in [0.2, 0.25) is 0 Å². The van der Waals surface area contributed by atoms with E-state index < -0.39 is 5.41 Å². The van der Waals surface area contributed by atoms with Crippen molar-refractivity contribution in [3.8, 4) is 34.1 Å². The molecule has 0 spiro atoms. The summed E-state index contributed by atoms with van der Waals surface area (Å²) in [6.45, 7) is 0. The van der Waals surface area contributed by atoms with Crippen molar-refractivity contribution >= 4 is 48.6 Å². The van der Waals surface area contributed by atoms with Gasteiger partial charge in [-0.05, 0) is 88.0 Å². The summed E-state index contributed by atoms with van der Waals surface area (Å²) in [4.78, 5) is 2.36. The van der Waals surface area contributed by atoms with Gasteiger partial charge in [0.05, 0.1) is 11.1 Å². The van der Waals surface area contributed by atoms with E-state index >= 15 is 0 Å². The molecule has 0 atom stereocenters. The quantitative estimate of drug-likeness (QED) is 0.179. The molecule has 0 radical (unpaired) electrons. The summed E-state index contributed by atoms with van der Waals surface area (Å²) in [7, 11) is 0. The van der Waals surface area contributed by atoms with Crippen LogP contribution < -0.4 is 14.4 Å². The number of para-hydroxylation sites is 2. The van der Waals surface area contributed by atoms with Gasteiger partial charge >= 0.3 is 0 Å². The lowest BCUT2D eigenvalue weighted by molar-refractivity contribution is 0.360. The largest absolute Gasteiger partial charge is 0.450 e. The van der Waals surface area contributed by atoms with Crippen molar-refractivity contribution in [2.75, 3.05) is 4.90 Å². The van der Waals surface area contributed by atoms with Crippen molar-refractivity contribution in [1.82, 2.24) is 0 Å². The van der Waals surface area contributed by atoms with Crippen LogP contribution in [0.5, 0.6) is 23.0 Å². The lowest BCUT2D eigenvalue weighted by atomic mass is 9.67. The Balaban J connectivity index is 1.16. The highest BCUT2D eigenvalue weighted by Crippen LogP contribution is 2.57. The third kappa shape index (κ3) is 4.52. The van der Waals surface area contributed by atoms with Crippen LogP contribution >= 0.6 is 11.3 Å². The van der Waals surface area contributed by atoms with E-state index in [0.29, 0.717) is 17.2 Å². The van der Waals surface area contributed by atoms with E-state index in [1.807, 2.05) is 41.7 Å². The zero-order valence-electron chi connectivity index (χ0n) is 28.6. The Morgan fingerprint density at radius 1 is 0.377 bits per heavy atom. The Bertz CT molecular complexity index is 2820. The number of benzene rings is 8. The number of thiophene rings is 1. The monoisotopic (exact) mass is 697 g/mol. The Kier molecular flexibility index (Phi) is 6.64. The molecule has 0 N–H and O–H groups in total. The van der Waals surface area contributed by atoms with E-state index in [1.165, 1.54) is 53.6 Å². The van der Waals surface area contributed by atoms with E-state index in [4.69, 9.17) is 9.47 Å². The molecule has 2 heterocycles. The second-order valence-corrected chi connectivity index (χ2v) is 14.7. The number of anilines is 3. The average molecular weight is 698 g/mol. The van der Waals surface area contributed by atoms with Crippen LogP contribution in [0, 0.1) is 0 Å². The maximum atomic E-state index is 6.47. The standard InChI is InChI=1S/C49H31NO2S/c1-3-13-32(14-4-1)49(33-15-5-2-6-16-33)41-19-9-7-17-37(41)38-26-23-34(29-42(38)49)50(36-24-27-40-39-18-8-12-22-47(39)53-48(40)31-36)35-25-28-45-46(30-35)52-44-21-11-10-20-43(44)51-45/h1-31H. The molecule has 11 rings (SSSR count). The number of rotatable bonds is 5. The van der Waals surface area contributed by atoms with Crippen LogP contribution in [0.2, 0.25) is 0 Å². The molecule has 250 valence electrons. The molecular formula is C49H31NO2S. The van der Waals surface area contributed by atoms with Crippen LogP contribution in [0.4, 0.5) is 17.1 Å². The maximum Gasteiger partial charge on any atom is 0.172 e. The smallest absolute Gasteiger partial charge is 0.172 e. The molecule has 9 aromatic rings. The van der Waals surface area contributed by atoms with Gasteiger partial charge < -0.3 is 14.4 Å². The SMILES string of the molecule is c1ccc(C2(c3ccccc3)c3ccccc3-c3ccc(N(c4ccc5c(c4)Oc4ccccc4O5)c4ccc5c(c4)sc4ccccc45)cc32)cc1. The van der Waals surface area contributed by atoms with Crippen LogP contribution in [0.3, 0.4) is 0 Å². The molecule has 8 aromatic carbocycles. The minimum atomic E-state index is -0.512. The highest BCUT2D eigenvalue weighted by atomic mass is 32.1. The van der Waals surface area contributed by atoms with Gasteiger partial charge in [0.1, 0.15) is 0 Å². The van der Waals surface area contributed by atoms with Gasteiger partial charge in [-0.3, -0.25) is 0 Å². The maximum absolute atomic E-state index is 6.47. The molecule has 0 saturated carbocycles. The van der Waals surface area contributed by atoms with Crippen molar-refractivity contribution in [1.29, 1.82) is 0 Å². The van der Waals surface area contributed by atoms with E-state index in [9.17, 15) is 0 Å². The molecule has 2 aliphatic rings. The molecule has 1 aromatic heterocycles. The Morgan fingerprint density at radius 2 is 0.925 bits per heavy atom. The summed E-state index contributed by atoms with van der Waals surface area (Å²) in [5.74, 6) is 2.81. The minimum Gasteiger partial charge on any atom is -0.450 e. The Labute approximate surface area is 311 Å². The first-order valence-corrected chi connectivity index (χ1v) is 18.7.